The molecule has 5 heteroatoms. The van der Waals surface area contributed by atoms with Crippen LogP contribution in [0.2, 0.25) is 0 Å². The molecular weight excluding hydrogens is 340 g/mol. The van der Waals surface area contributed by atoms with E-state index < -0.39 is 0 Å². The summed E-state index contributed by atoms with van der Waals surface area (Å²) >= 11 is 0. The number of amides is 1. The number of hydrogen-bond donors (Lipinski definition) is 0. The summed E-state index contributed by atoms with van der Waals surface area (Å²) in [5, 5.41) is 0.956. The number of carbonyl (C=O) groups excluding carboxylic acids is 1. The summed E-state index contributed by atoms with van der Waals surface area (Å²) in [6.07, 6.45) is 3.31. The Hall–Kier alpha value is -3.21. The Morgan fingerprint density at radius 3 is 2.56 bits per heavy atom. The van der Waals surface area contributed by atoms with Crippen LogP contribution in [0.5, 0.6) is 5.75 Å². The van der Waals surface area contributed by atoms with Gasteiger partial charge in [0.05, 0.1) is 7.11 Å². The molecule has 0 N–H and O–H groups in total. The summed E-state index contributed by atoms with van der Waals surface area (Å²) in [6.45, 7) is 3.11. The molecule has 0 saturated carbocycles. The molecule has 3 aromatic rings. The van der Waals surface area contributed by atoms with Gasteiger partial charge in [-0.05, 0) is 30.3 Å². The van der Waals surface area contributed by atoms with Crippen LogP contribution < -0.4 is 9.64 Å². The Morgan fingerprint density at radius 1 is 1.04 bits per heavy atom. The van der Waals surface area contributed by atoms with E-state index in [1.807, 2.05) is 47.4 Å². The molecule has 1 saturated heterocycles. The standard InChI is InChI=1S/C22H22N2O3/c1-26-20-9-5-6-17-16-19(27-22(17)20)10-11-21(25)24-14-12-23(13-15-24)18-7-3-2-4-8-18/h2-11,16H,12-15H2,1H3/b11-10+. The highest BCUT2D eigenvalue weighted by molar-refractivity contribution is 5.93. The number of carbonyl (C=O) groups is 1. The van der Waals surface area contributed by atoms with Crippen molar-refractivity contribution in [1.29, 1.82) is 0 Å². The Balaban J connectivity index is 1.40. The van der Waals surface area contributed by atoms with Crippen LogP contribution in [0.3, 0.4) is 0 Å². The lowest BCUT2D eigenvalue weighted by molar-refractivity contribution is -0.126. The molecule has 2 heterocycles. The molecule has 1 amide bonds. The average Bonchev–Trinajstić information content (AvgIpc) is 3.16. The first kappa shape index (κ1) is 17.2. The largest absolute Gasteiger partial charge is 0.493 e. The number of rotatable bonds is 4. The first-order valence-electron chi connectivity index (χ1n) is 9.08. The summed E-state index contributed by atoms with van der Waals surface area (Å²) in [7, 11) is 1.62. The van der Waals surface area contributed by atoms with Crippen molar-refractivity contribution in [3.05, 3.63) is 66.4 Å². The van der Waals surface area contributed by atoms with Crippen LogP contribution in [-0.2, 0) is 4.79 Å². The van der Waals surface area contributed by atoms with E-state index in [1.54, 1.807) is 19.3 Å². The highest BCUT2D eigenvalue weighted by Gasteiger charge is 2.19. The lowest BCUT2D eigenvalue weighted by Crippen LogP contribution is -2.48. The maximum Gasteiger partial charge on any atom is 0.246 e. The maximum atomic E-state index is 12.5. The molecule has 0 atom stereocenters. The quantitative estimate of drug-likeness (QED) is 0.662. The van der Waals surface area contributed by atoms with Crippen molar-refractivity contribution in [2.75, 3.05) is 38.2 Å². The number of nitrogens with zero attached hydrogens (tertiary/aromatic N) is 2. The highest BCUT2D eigenvalue weighted by atomic mass is 16.5. The molecule has 0 bridgehead atoms. The number of fused-ring (bicyclic) bond motifs is 1. The van der Waals surface area contributed by atoms with Crippen molar-refractivity contribution in [3.8, 4) is 5.75 Å². The Morgan fingerprint density at radius 2 is 1.81 bits per heavy atom. The van der Waals surface area contributed by atoms with Crippen molar-refractivity contribution in [3.63, 3.8) is 0 Å². The van der Waals surface area contributed by atoms with E-state index >= 15 is 0 Å². The van der Waals surface area contributed by atoms with Crippen LogP contribution in [0.4, 0.5) is 5.69 Å². The zero-order valence-corrected chi connectivity index (χ0v) is 15.3. The Bertz CT molecular complexity index is 954. The second-order valence-electron chi connectivity index (χ2n) is 6.51. The third kappa shape index (κ3) is 3.67. The molecule has 138 valence electrons. The smallest absolute Gasteiger partial charge is 0.246 e. The van der Waals surface area contributed by atoms with Crippen LogP contribution in [0.15, 0.2) is 65.1 Å². The molecule has 0 radical (unpaired) electrons. The lowest BCUT2D eigenvalue weighted by Gasteiger charge is -2.35. The third-order valence-electron chi connectivity index (χ3n) is 4.85. The fraction of sp³-hybridized carbons (Fsp3) is 0.227. The van der Waals surface area contributed by atoms with Crippen LogP contribution in [0.25, 0.3) is 17.0 Å². The zero-order chi connectivity index (χ0) is 18.6. The van der Waals surface area contributed by atoms with Gasteiger partial charge < -0.3 is 19.0 Å². The molecule has 5 nitrogen and oxygen atoms in total. The lowest BCUT2D eigenvalue weighted by atomic mass is 10.2. The van der Waals surface area contributed by atoms with Gasteiger partial charge in [0.1, 0.15) is 5.76 Å². The molecule has 1 aliphatic rings. The summed E-state index contributed by atoms with van der Waals surface area (Å²) in [6, 6.07) is 18.0. The molecule has 1 aliphatic heterocycles. The number of methoxy groups -OCH3 is 1. The zero-order valence-electron chi connectivity index (χ0n) is 15.3. The summed E-state index contributed by atoms with van der Waals surface area (Å²) in [4.78, 5) is 16.7. The minimum Gasteiger partial charge on any atom is -0.493 e. The molecule has 1 fully saturated rings. The van der Waals surface area contributed by atoms with Crippen molar-refractivity contribution in [1.82, 2.24) is 4.90 Å². The van der Waals surface area contributed by atoms with Gasteiger partial charge in [-0.1, -0.05) is 30.3 Å². The van der Waals surface area contributed by atoms with Gasteiger partial charge in [-0.2, -0.15) is 0 Å². The normalized spacial score (nSPS) is 14.9. The first-order chi connectivity index (χ1) is 13.2. The molecule has 4 rings (SSSR count). The Labute approximate surface area is 158 Å². The minimum atomic E-state index is 0.00938. The fourth-order valence-corrected chi connectivity index (χ4v) is 3.38. The number of piperazine rings is 1. The summed E-state index contributed by atoms with van der Waals surface area (Å²) in [5.74, 6) is 1.34. The van der Waals surface area contributed by atoms with Gasteiger partial charge in [0.25, 0.3) is 0 Å². The van der Waals surface area contributed by atoms with E-state index in [4.69, 9.17) is 9.15 Å². The van der Waals surface area contributed by atoms with E-state index in [2.05, 4.69) is 17.0 Å². The van der Waals surface area contributed by atoms with Gasteiger partial charge in [0.2, 0.25) is 5.91 Å². The van der Waals surface area contributed by atoms with Gasteiger partial charge in [-0.3, -0.25) is 4.79 Å². The minimum absolute atomic E-state index is 0.00938. The van der Waals surface area contributed by atoms with Crippen LogP contribution in [0.1, 0.15) is 5.76 Å². The number of hydrogen-bond acceptors (Lipinski definition) is 4. The summed E-state index contributed by atoms with van der Waals surface area (Å²) in [5.41, 5.74) is 1.90. The molecule has 0 spiro atoms. The number of para-hydroxylation sites is 2. The monoisotopic (exact) mass is 362 g/mol. The number of benzene rings is 2. The van der Waals surface area contributed by atoms with E-state index in [1.165, 1.54) is 5.69 Å². The van der Waals surface area contributed by atoms with Gasteiger partial charge in [0.15, 0.2) is 11.3 Å². The van der Waals surface area contributed by atoms with E-state index in [0.717, 1.165) is 18.5 Å². The highest BCUT2D eigenvalue weighted by Crippen LogP contribution is 2.29. The third-order valence-corrected chi connectivity index (χ3v) is 4.85. The predicted octanol–water partition coefficient (Wildman–Crippen LogP) is 3.80. The van der Waals surface area contributed by atoms with Crippen molar-refractivity contribution < 1.29 is 13.9 Å². The van der Waals surface area contributed by atoms with Crippen molar-refractivity contribution in [2.24, 2.45) is 0 Å². The molecular formula is C22H22N2O3. The average molecular weight is 362 g/mol. The topological polar surface area (TPSA) is 45.9 Å². The van der Waals surface area contributed by atoms with E-state index in [-0.39, 0.29) is 5.91 Å². The fourth-order valence-electron chi connectivity index (χ4n) is 3.38. The van der Waals surface area contributed by atoms with Gasteiger partial charge in [-0.15, -0.1) is 0 Å². The van der Waals surface area contributed by atoms with Crippen LogP contribution in [0, 0.1) is 0 Å². The summed E-state index contributed by atoms with van der Waals surface area (Å²) < 4.78 is 11.1. The second-order valence-corrected chi connectivity index (χ2v) is 6.51. The second kappa shape index (κ2) is 7.58. The van der Waals surface area contributed by atoms with Gasteiger partial charge in [0, 0.05) is 43.3 Å². The number of furan rings is 1. The predicted molar refractivity (Wildman–Crippen MR) is 107 cm³/mol. The molecule has 27 heavy (non-hydrogen) atoms. The van der Waals surface area contributed by atoms with Crippen molar-refractivity contribution >= 4 is 28.6 Å². The number of anilines is 1. The van der Waals surface area contributed by atoms with Crippen LogP contribution in [-0.4, -0.2) is 44.1 Å². The van der Waals surface area contributed by atoms with E-state index in [9.17, 15) is 4.79 Å². The molecule has 0 aliphatic carbocycles. The first-order valence-corrected chi connectivity index (χ1v) is 9.08. The maximum absolute atomic E-state index is 12.5. The van der Waals surface area contributed by atoms with Gasteiger partial charge >= 0.3 is 0 Å². The van der Waals surface area contributed by atoms with E-state index in [0.29, 0.717) is 30.2 Å². The molecule has 2 aromatic carbocycles. The molecule has 0 unspecified atom stereocenters. The van der Waals surface area contributed by atoms with Crippen LogP contribution >= 0.6 is 0 Å². The number of ether oxygens (including phenoxy) is 1. The Kier molecular flexibility index (Phi) is 4.83. The molecule has 1 aromatic heterocycles. The van der Waals surface area contributed by atoms with Gasteiger partial charge in [-0.25, -0.2) is 0 Å². The SMILES string of the molecule is COc1cccc2cc(/C=C/C(=O)N3CCN(c4ccccc4)CC3)oc12. The van der Waals surface area contributed by atoms with Crippen molar-refractivity contribution in [2.45, 2.75) is 0 Å².